The minimum absolute atomic E-state index is 0.102. The average molecular weight is 446 g/mol. The molecular weight excluding hydrogens is 429 g/mol. The first-order chi connectivity index (χ1) is 14.6. The number of halogens is 3. The second-order valence-electron chi connectivity index (χ2n) is 8.09. The Morgan fingerprint density at radius 2 is 1.97 bits per heavy atom. The van der Waals surface area contributed by atoms with Gasteiger partial charge in [-0.1, -0.05) is 19.9 Å². The summed E-state index contributed by atoms with van der Waals surface area (Å²) in [7, 11) is 0. The molecule has 2 aromatic carbocycles. The van der Waals surface area contributed by atoms with Crippen LogP contribution in [-0.4, -0.2) is 32.2 Å². The number of rotatable bonds is 4. The molecule has 3 aromatic rings. The molecule has 0 radical (unpaired) electrons. The summed E-state index contributed by atoms with van der Waals surface area (Å²) in [5, 5.41) is 8.95. The molecular formula is C21H17F3N4O2S. The number of amides is 1. The third kappa shape index (κ3) is 4.05. The topological polar surface area (TPSA) is 79.1 Å². The number of fused-ring (bicyclic) bond motifs is 1. The number of benzene rings is 2. The van der Waals surface area contributed by atoms with Crippen LogP contribution in [0.4, 0.5) is 13.2 Å². The van der Waals surface area contributed by atoms with Crippen LogP contribution in [0.2, 0.25) is 0 Å². The van der Waals surface area contributed by atoms with Gasteiger partial charge >= 0.3 is 6.18 Å². The minimum Gasteiger partial charge on any atom is -0.480 e. The Hall–Kier alpha value is -3.19. The van der Waals surface area contributed by atoms with Gasteiger partial charge in [-0.25, -0.2) is 0 Å². The van der Waals surface area contributed by atoms with Gasteiger partial charge < -0.3 is 9.64 Å². The molecule has 0 N–H and O–H groups in total. The van der Waals surface area contributed by atoms with Crippen LogP contribution in [0.15, 0.2) is 36.4 Å². The van der Waals surface area contributed by atoms with Crippen LogP contribution in [0.1, 0.15) is 30.5 Å². The van der Waals surface area contributed by atoms with Gasteiger partial charge in [0, 0.05) is 18.5 Å². The lowest BCUT2D eigenvalue weighted by atomic mass is 9.89. The monoisotopic (exact) mass is 446 g/mol. The van der Waals surface area contributed by atoms with E-state index in [9.17, 15) is 18.0 Å². The highest BCUT2D eigenvalue weighted by atomic mass is 32.1. The third-order valence-electron chi connectivity index (χ3n) is 5.21. The van der Waals surface area contributed by atoms with E-state index >= 15 is 0 Å². The molecule has 1 aliphatic rings. The molecule has 10 heteroatoms. The van der Waals surface area contributed by atoms with Gasteiger partial charge in [0.25, 0.3) is 5.91 Å². The molecule has 1 fully saturated rings. The quantitative estimate of drug-likeness (QED) is 0.594. The first-order valence-electron chi connectivity index (χ1n) is 9.36. The number of carbonyl (C=O) groups is 1. The Kier molecular flexibility index (Phi) is 5.09. The smallest absolute Gasteiger partial charge is 0.417 e. The molecule has 160 valence electrons. The number of carbonyl (C=O) groups excluding carboxylic acids is 1. The number of hydrogen-bond acceptors (Lipinski definition) is 6. The van der Waals surface area contributed by atoms with Crippen molar-refractivity contribution < 1.29 is 22.7 Å². The van der Waals surface area contributed by atoms with Crippen LogP contribution >= 0.6 is 11.7 Å². The number of alkyl halides is 3. The van der Waals surface area contributed by atoms with Gasteiger partial charge in [0.2, 0.25) is 0 Å². The van der Waals surface area contributed by atoms with Gasteiger partial charge in [-0.2, -0.15) is 27.2 Å². The van der Waals surface area contributed by atoms with E-state index in [1.54, 1.807) is 4.90 Å². The molecule has 2 heterocycles. The minimum atomic E-state index is -4.70. The second-order valence-corrected chi connectivity index (χ2v) is 8.61. The molecule has 0 bridgehead atoms. The Bertz CT molecular complexity index is 1200. The average Bonchev–Trinajstić information content (AvgIpc) is 3.25. The first kappa shape index (κ1) is 21.1. The first-order valence-corrected chi connectivity index (χ1v) is 10.1. The van der Waals surface area contributed by atoms with Crippen molar-refractivity contribution in [1.82, 2.24) is 13.6 Å². The maximum Gasteiger partial charge on any atom is 0.417 e. The predicted molar refractivity (Wildman–Crippen MR) is 107 cm³/mol. The summed E-state index contributed by atoms with van der Waals surface area (Å²) in [4.78, 5) is 14.7. The van der Waals surface area contributed by atoms with Gasteiger partial charge in [-0.15, -0.1) is 0 Å². The molecule has 1 amide bonds. The Balaban J connectivity index is 1.56. The van der Waals surface area contributed by atoms with Gasteiger partial charge in [-0.3, -0.25) is 4.79 Å². The molecule has 1 atom stereocenters. The normalized spacial score (nSPS) is 18.4. The zero-order valence-corrected chi connectivity index (χ0v) is 17.4. The Morgan fingerprint density at radius 3 is 2.68 bits per heavy atom. The van der Waals surface area contributed by atoms with Crippen molar-refractivity contribution in [1.29, 1.82) is 5.26 Å². The summed E-state index contributed by atoms with van der Waals surface area (Å²) in [5.41, 5.74) is 0.198. The third-order valence-corrected chi connectivity index (χ3v) is 5.76. The largest absolute Gasteiger partial charge is 0.480 e. The van der Waals surface area contributed by atoms with Crippen LogP contribution in [-0.2, 0) is 17.5 Å². The predicted octanol–water partition coefficient (Wildman–Crippen LogP) is 4.40. The standard InChI is InChI=1S/C21H17F3N4O2S/c1-20(2)11-28(10-12-3-6-16-17(7-12)27-31-26-16)19(29)18(20)30-14-5-4-13(9-25)15(8-14)21(22,23)24/h3-8,18H,10-11H2,1-2H3. The van der Waals surface area contributed by atoms with E-state index in [0.717, 1.165) is 40.5 Å². The van der Waals surface area contributed by atoms with E-state index in [1.807, 2.05) is 32.0 Å². The van der Waals surface area contributed by atoms with E-state index in [0.29, 0.717) is 13.1 Å². The molecule has 1 unspecified atom stereocenters. The highest BCUT2D eigenvalue weighted by Gasteiger charge is 2.48. The SMILES string of the molecule is CC1(C)CN(Cc2ccc3nsnc3c2)C(=O)C1Oc1ccc(C#N)c(C(F)(F)F)c1. The fraction of sp³-hybridized carbons (Fsp3) is 0.333. The molecule has 0 spiro atoms. The van der Waals surface area contributed by atoms with Gasteiger partial charge in [-0.05, 0) is 35.9 Å². The molecule has 0 aliphatic carbocycles. The van der Waals surface area contributed by atoms with Crippen LogP contribution < -0.4 is 4.74 Å². The van der Waals surface area contributed by atoms with Crippen LogP contribution in [0.25, 0.3) is 11.0 Å². The lowest BCUT2D eigenvalue weighted by Gasteiger charge is -2.24. The number of ether oxygens (including phenoxy) is 1. The summed E-state index contributed by atoms with van der Waals surface area (Å²) in [6.45, 7) is 4.37. The number of nitriles is 1. The number of likely N-dealkylation sites (tertiary alicyclic amines) is 1. The second kappa shape index (κ2) is 7.50. The summed E-state index contributed by atoms with van der Waals surface area (Å²) < 4.78 is 53.9. The molecule has 1 aliphatic heterocycles. The molecule has 1 aromatic heterocycles. The van der Waals surface area contributed by atoms with E-state index in [1.165, 1.54) is 12.1 Å². The highest BCUT2D eigenvalue weighted by molar-refractivity contribution is 7.00. The van der Waals surface area contributed by atoms with Crippen molar-refractivity contribution in [3.8, 4) is 11.8 Å². The fourth-order valence-corrected chi connectivity index (χ4v) is 4.23. The van der Waals surface area contributed by atoms with Crippen molar-refractivity contribution in [2.24, 2.45) is 5.41 Å². The number of aromatic nitrogens is 2. The highest BCUT2D eigenvalue weighted by Crippen LogP contribution is 2.38. The van der Waals surface area contributed by atoms with Crippen LogP contribution in [0, 0.1) is 16.7 Å². The summed E-state index contributed by atoms with van der Waals surface area (Å²) >= 11 is 1.11. The maximum atomic E-state index is 13.3. The van der Waals surface area contributed by atoms with Crippen molar-refractivity contribution in [3.05, 3.63) is 53.1 Å². The van der Waals surface area contributed by atoms with Crippen molar-refractivity contribution in [2.45, 2.75) is 32.7 Å². The van der Waals surface area contributed by atoms with Crippen LogP contribution in [0.5, 0.6) is 5.75 Å². The zero-order valence-electron chi connectivity index (χ0n) is 16.6. The Morgan fingerprint density at radius 1 is 1.23 bits per heavy atom. The van der Waals surface area contributed by atoms with Crippen LogP contribution in [0.3, 0.4) is 0 Å². The Labute approximate surface area is 180 Å². The maximum absolute atomic E-state index is 13.3. The van der Waals surface area contributed by atoms with Gasteiger partial charge in [0.15, 0.2) is 6.10 Å². The van der Waals surface area contributed by atoms with Crippen molar-refractivity contribution in [2.75, 3.05) is 6.54 Å². The van der Waals surface area contributed by atoms with E-state index in [2.05, 4.69) is 8.75 Å². The lowest BCUT2D eigenvalue weighted by molar-refractivity contribution is -0.138. The van der Waals surface area contributed by atoms with Crippen molar-refractivity contribution >= 4 is 28.7 Å². The molecule has 0 saturated carbocycles. The summed E-state index contributed by atoms with van der Waals surface area (Å²) in [5.74, 6) is -0.408. The molecule has 31 heavy (non-hydrogen) atoms. The van der Waals surface area contributed by atoms with Crippen molar-refractivity contribution in [3.63, 3.8) is 0 Å². The lowest BCUT2D eigenvalue weighted by Crippen LogP contribution is -2.36. The van der Waals surface area contributed by atoms with E-state index in [4.69, 9.17) is 10.00 Å². The van der Waals surface area contributed by atoms with E-state index < -0.39 is 28.8 Å². The number of nitrogens with zero attached hydrogens (tertiary/aromatic N) is 4. The number of hydrogen-bond donors (Lipinski definition) is 0. The zero-order chi connectivity index (χ0) is 22.4. The van der Waals surface area contributed by atoms with Gasteiger partial charge in [0.05, 0.1) is 28.9 Å². The van der Waals surface area contributed by atoms with E-state index in [-0.39, 0.29) is 11.7 Å². The molecule has 6 nitrogen and oxygen atoms in total. The fourth-order valence-electron chi connectivity index (χ4n) is 3.71. The summed E-state index contributed by atoms with van der Waals surface area (Å²) in [6.07, 6.45) is -5.65. The van der Waals surface area contributed by atoms with Gasteiger partial charge in [0.1, 0.15) is 16.8 Å². The molecule has 4 rings (SSSR count). The molecule has 1 saturated heterocycles. The summed E-state index contributed by atoms with van der Waals surface area (Å²) in [6, 6.07) is 10.2.